The molecular weight excluding hydrogens is 339 g/mol. The number of hydrogen-bond acceptors (Lipinski definition) is 4. The van der Waals surface area contributed by atoms with Gasteiger partial charge >= 0.3 is 12.2 Å². The molecule has 1 saturated heterocycles. The lowest BCUT2D eigenvalue weighted by Crippen LogP contribution is -2.41. The van der Waals surface area contributed by atoms with E-state index < -0.39 is 17.8 Å². The normalized spacial score (nSPS) is 20.0. The van der Waals surface area contributed by atoms with Gasteiger partial charge in [-0.15, -0.1) is 0 Å². The van der Waals surface area contributed by atoms with Gasteiger partial charge in [0.25, 0.3) is 0 Å². The minimum absolute atomic E-state index is 0.243. The average Bonchev–Trinajstić information content (AvgIpc) is 2.95. The highest BCUT2D eigenvalue weighted by Gasteiger charge is 2.39. The fourth-order valence-corrected chi connectivity index (χ4v) is 2.89. The summed E-state index contributed by atoms with van der Waals surface area (Å²) >= 11 is 0. The van der Waals surface area contributed by atoms with Crippen LogP contribution in [0.1, 0.15) is 45.6 Å². The lowest BCUT2D eigenvalue weighted by molar-refractivity contribution is 0.0288. The van der Waals surface area contributed by atoms with Crippen LogP contribution in [0.5, 0.6) is 0 Å². The molecule has 1 aromatic rings. The quantitative estimate of drug-likeness (QED) is 0.883. The second kappa shape index (κ2) is 8.38. The first kappa shape index (κ1) is 20.0. The Morgan fingerprint density at radius 3 is 2.65 bits per heavy atom. The molecule has 0 aromatic heterocycles. The van der Waals surface area contributed by atoms with Gasteiger partial charge in [0.2, 0.25) is 0 Å². The topological polar surface area (TPSA) is 67.9 Å². The van der Waals surface area contributed by atoms with Crippen LogP contribution in [0.15, 0.2) is 24.3 Å². The van der Waals surface area contributed by atoms with E-state index in [0.717, 1.165) is 12.0 Å². The van der Waals surface area contributed by atoms with Crippen LogP contribution < -0.4 is 5.32 Å². The molecule has 0 bridgehead atoms. The van der Waals surface area contributed by atoms with Crippen LogP contribution in [0.2, 0.25) is 0 Å². The van der Waals surface area contributed by atoms with Crippen molar-refractivity contribution in [2.75, 3.05) is 19.7 Å². The van der Waals surface area contributed by atoms with E-state index in [1.54, 1.807) is 32.9 Å². The molecule has 1 N–H and O–H groups in total. The molecule has 2 amide bonds. The number of carbonyl (C=O) groups excluding carboxylic acids is 2. The van der Waals surface area contributed by atoms with Crippen LogP contribution in [-0.4, -0.2) is 48.4 Å². The van der Waals surface area contributed by atoms with Crippen LogP contribution in [0.25, 0.3) is 0 Å². The van der Waals surface area contributed by atoms with Crippen LogP contribution in [0.4, 0.5) is 14.0 Å². The predicted octanol–water partition coefficient (Wildman–Crippen LogP) is 3.66. The number of nitrogens with zero attached hydrogens (tertiary/aromatic N) is 1. The lowest BCUT2D eigenvalue weighted by atomic mass is 9.94. The van der Waals surface area contributed by atoms with Crippen LogP contribution in [-0.2, 0) is 9.47 Å². The van der Waals surface area contributed by atoms with Gasteiger partial charge in [0, 0.05) is 19.0 Å². The molecule has 2 rings (SSSR count). The van der Waals surface area contributed by atoms with E-state index in [1.807, 2.05) is 6.92 Å². The van der Waals surface area contributed by atoms with E-state index in [-0.39, 0.29) is 24.3 Å². The van der Waals surface area contributed by atoms with E-state index in [1.165, 1.54) is 17.0 Å². The summed E-state index contributed by atoms with van der Waals surface area (Å²) in [7, 11) is 0. The summed E-state index contributed by atoms with van der Waals surface area (Å²) in [5.41, 5.74) is 0.105. The highest BCUT2D eigenvalue weighted by Crippen LogP contribution is 2.29. The molecule has 0 aliphatic carbocycles. The summed E-state index contributed by atoms with van der Waals surface area (Å²) in [6, 6.07) is 5.82. The standard InChI is InChI=1S/C19H27FN2O4/c1-5-9-25-17(23)21-16-12-22(18(24)26-19(2,3)4)11-15(16)13-7-6-8-14(20)10-13/h6-8,10,15-16H,5,9,11-12H2,1-4H3,(H,21,23). The Hall–Kier alpha value is -2.31. The summed E-state index contributed by atoms with van der Waals surface area (Å²) in [5, 5.41) is 2.80. The molecule has 2 atom stereocenters. The SMILES string of the molecule is CCCOC(=O)NC1CN(C(=O)OC(C)(C)C)CC1c1cccc(F)c1. The third-order valence-corrected chi connectivity index (χ3v) is 3.99. The molecule has 1 aliphatic heterocycles. The summed E-state index contributed by atoms with van der Waals surface area (Å²) in [6.07, 6.45) is -0.274. The van der Waals surface area contributed by atoms with Gasteiger partial charge in [0.05, 0.1) is 12.6 Å². The Balaban J connectivity index is 2.15. The summed E-state index contributed by atoms with van der Waals surface area (Å²) in [4.78, 5) is 25.9. The number of hydrogen-bond donors (Lipinski definition) is 1. The van der Waals surface area contributed by atoms with E-state index in [9.17, 15) is 14.0 Å². The first-order chi connectivity index (χ1) is 12.2. The average molecular weight is 366 g/mol. The Bertz CT molecular complexity index is 645. The predicted molar refractivity (Wildman–Crippen MR) is 95.5 cm³/mol. The molecule has 1 fully saturated rings. The number of rotatable bonds is 4. The van der Waals surface area contributed by atoms with Gasteiger partial charge in [-0.3, -0.25) is 0 Å². The first-order valence-corrected chi connectivity index (χ1v) is 8.86. The number of likely N-dealkylation sites (tertiary alicyclic amines) is 1. The van der Waals surface area contributed by atoms with Gasteiger partial charge in [-0.1, -0.05) is 19.1 Å². The van der Waals surface area contributed by atoms with Crippen molar-refractivity contribution in [3.05, 3.63) is 35.6 Å². The number of carbonyl (C=O) groups is 2. The lowest BCUT2D eigenvalue weighted by Gasteiger charge is -2.24. The Morgan fingerprint density at radius 2 is 2.04 bits per heavy atom. The maximum atomic E-state index is 13.6. The molecule has 7 heteroatoms. The second-order valence-electron chi connectivity index (χ2n) is 7.43. The maximum absolute atomic E-state index is 13.6. The molecule has 1 aliphatic rings. The van der Waals surface area contributed by atoms with Crippen molar-refractivity contribution in [1.82, 2.24) is 10.2 Å². The molecule has 1 heterocycles. The van der Waals surface area contributed by atoms with Crippen molar-refractivity contribution >= 4 is 12.2 Å². The Labute approximate surface area is 153 Å². The van der Waals surface area contributed by atoms with Crippen LogP contribution >= 0.6 is 0 Å². The smallest absolute Gasteiger partial charge is 0.410 e. The summed E-state index contributed by atoms with van der Waals surface area (Å²) in [6.45, 7) is 8.21. The van der Waals surface area contributed by atoms with Crippen molar-refractivity contribution < 1.29 is 23.5 Å². The molecule has 6 nitrogen and oxygen atoms in total. The van der Waals surface area contributed by atoms with Crippen molar-refractivity contribution in [1.29, 1.82) is 0 Å². The van der Waals surface area contributed by atoms with Gasteiger partial charge in [0.1, 0.15) is 11.4 Å². The van der Waals surface area contributed by atoms with E-state index in [4.69, 9.17) is 9.47 Å². The highest BCUT2D eigenvalue weighted by atomic mass is 19.1. The monoisotopic (exact) mass is 366 g/mol. The highest BCUT2D eigenvalue weighted by molar-refractivity contribution is 5.71. The number of ether oxygens (including phenoxy) is 2. The van der Waals surface area contributed by atoms with Gasteiger partial charge in [-0.25, -0.2) is 14.0 Å². The largest absolute Gasteiger partial charge is 0.450 e. The number of halogens is 1. The Morgan fingerprint density at radius 1 is 1.31 bits per heavy atom. The minimum atomic E-state index is -0.614. The molecular formula is C19H27FN2O4. The van der Waals surface area contributed by atoms with Crippen molar-refractivity contribution in [3.63, 3.8) is 0 Å². The van der Waals surface area contributed by atoms with Crippen LogP contribution in [0, 0.1) is 5.82 Å². The second-order valence-corrected chi connectivity index (χ2v) is 7.43. The molecule has 0 spiro atoms. The van der Waals surface area contributed by atoms with Crippen molar-refractivity contribution in [2.45, 2.75) is 51.7 Å². The zero-order chi connectivity index (χ0) is 19.3. The summed E-state index contributed by atoms with van der Waals surface area (Å²) in [5.74, 6) is -0.599. The third-order valence-electron chi connectivity index (χ3n) is 3.99. The third kappa shape index (κ3) is 5.61. The molecule has 0 radical (unpaired) electrons. The van der Waals surface area contributed by atoms with E-state index in [2.05, 4.69) is 5.32 Å². The molecule has 1 aromatic carbocycles. The number of amides is 2. The zero-order valence-electron chi connectivity index (χ0n) is 15.8. The Kier molecular flexibility index (Phi) is 6.45. The number of nitrogens with one attached hydrogen (secondary N) is 1. The molecule has 0 saturated carbocycles. The fourth-order valence-electron chi connectivity index (χ4n) is 2.89. The van der Waals surface area contributed by atoms with Crippen LogP contribution in [0.3, 0.4) is 0 Å². The molecule has 2 unspecified atom stereocenters. The molecule has 26 heavy (non-hydrogen) atoms. The first-order valence-electron chi connectivity index (χ1n) is 8.86. The zero-order valence-corrected chi connectivity index (χ0v) is 15.8. The van der Waals surface area contributed by atoms with E-state index in [0.29, 0.717) is 13.2 Å². The fraction of sp³-hybridized carbons (Fsp3) is 0.579. The van der Waals surface area contributed by atoms with Crippen molar-refractivity contribution in [2.24, 2.45) is 0 Å². The molecule has 144 valence electrons. The number of benzene rings is 1. The van der Waals surface area contributed by atoms with Gasteiger partial charge in [-0.05, 0) is 44.9 Å². The van der Waals surface area contributed by atoms with Gasteiger partial charge in [-0.2, -0.15) is 0 Å². The van der Waals surface area contributed by atoms with Crippen molar-refractivity contribution in [3.8, 4) is 0 Å². The van der Waals surface area contributed by atoms with E-state index >= 15 is 0 Å². The minimum Gasteiger partial charge on any atom is -0.450 e. The number of alkyl carbamates (subject to hydrolysis) is 1. The van der Waals surface area contributed by atoms with Gasteiger partial charge in [0.15, 0.2) is 0 Å². The maximum Gasteiger partial charge on any atom is 0.410 e. The summed E-state index contributed by atoms with van der Waals surface area (Å²) < 4.78 is 24.1. The van der Waals surface area contributed by atoms with Gasteiger partial charge < -0.3 is 19.7 Å².